The van der Waals surface area contributed by atoms with E-state index in [1.807, 2.05) is 0 Å². The molecule has 1 atom stereocenters. The van der Waals surface area contributed by atoms with E-state index in [0.717, 1.165) is 25.7 Å². The molecule has 0 aliphatic heterocycles. The van der Waals surface area contributed by atoms with Crippen LogP contribution < -0.4 is 5.32 Å². The summed E-state index contributed by atoms with van der Waals surface area (Å²) in [7, 11) is 0. The molecule has 0 radical (unpaired) electrons. The van der Waals surface area contributed by atoms with Crippen LogP contribution in [-0.4, -0.2) is 17.1 Å². The van der Waals surface area contributed by atoms with E-state index in [9.17, 15) is 15.2 Å². The van der Waals surface area contributed by atoms with Crippen LogP contribution in [0.15, 0.2) is 22.7 Å². The number of carboxylic acids is 1. The van der Waals surface area contributed by atoms with Gasteiger partial charge < -0.3 is 10.4 Å². The zero-order chi connectivity index (χ0) is 14.5. The predicted molar refractivity (Wildman–Crippen MR) is 80.5 cm³/mol. The maximum Gasteiger partial charge on any atom is 0.326 e. The molecule has 0 saturated heterocycles. The van der Waals surface area contributed by atoms with E-state index in [1.54, 1.807) is 18.2 Å². The fourth-order valence-electron chi connectivity index (χ4n) is 2.77. The minimum absolute atomic E-state index is 0.131. The van der Waals surface area contributed by atoms with Gasteiger partial charge in [-0.2, -0.15) is 5.26 Å². The second-order valence-electron chi connectivity index (χ2n) is 5.13. The van der Waals surface area contributed by atoms with Crippen molar-refractivity contribution < 1.29 is 9.90 Å². The highest BCUT2D eigenvalue weighted by atomic mass is 79.9. The second-order valence-corrected chi connectivity index (χ2v) is 5.99. The highest BCUT2D eigenvalue weighted by Gasteiger charge is 2.29. The Labute approximate surface area is 126 Å². The molecule has 4 nitrogen and oxygen atoms in total. The Hall–Kier alpha value is -1.54. The summed E-state index contributed by atoms with van der Waals surface area (Å²) >= 11 is 3.32. The van der Waals surface area contributed by atoms with Crippen molar-refractivity contribution in [1.29, 1.82) is 5.26 Å². The molecule has 0 aromatic heterocycles. The van der Waals surface area contributed by atoms with Gasteiger partial charge in [-0.3, -0.25) is 0 Å². The van der Waals surface area contributed by atoms with Gasteiger partial charge in [0.15, 0.2) is 0 Å². The number of nitrogens with one attached hydrogen (secondary N) is 1. The lowest BCUT2D eigenvalue weighted by atomic mass is 9.83. The van der Waals surface area contributed by atoms with Gasteiger partial charge in [0.25, 0.3) is 0 Å². The lowest BCUT2D eigenvalue weighted by Crippen LogP contribution is -2.38. The van der Waals surface area contributed by atoms with Crippen LogP contribution in [0.1, 0.15) is 37.7 Å². The molecular weight excluding hydrogens is 320 g/mol. The third kappa shape index (κ3) is 3.31. The van der Waals surface area contributed by atoms with Crippen LogP contribution in [-0.2, 0) is 4.79 Å². The number of hydrogen-bond acceptors (Lipinski definition) is 3. The largest absolute Gasteiger partial charge is 0.480 e. The van der Waals surface area contributed by atoms with Crippen molar-refractivity contribution in [1.82, 2.24) is 0 Å². The first kappa shape index (κ1) is 14.9. The van der Waals surface area contributed by atoms with E-state index in [4.69, 9.17) is 0 Å². The fourth-order valence-corrected chi connectivity index (χ4v) is 3.23. The number of aliphatic carboxylic acids is 1. The van der Waals surface area contributed by atoms with Crippen molar-refractivity contribution >= 4 is 27.6 Å². The molecule has 0 amide bonds. The van der Waals surface area contributed by atoms with Gasteiger partial charge in [-0.15, -0.1) is 0 Å². The first-order valence-electron chi connectivity index (χ1n) is 6.81. The Morgan fingerprint density at radius 2 is 2.10 bits per heavy atom. The summed E-state index contributed by atoms with van der Waals surface area (Å²) in [6.45, 7) is 0. The number of nitrogens with zero attached hydrogens (tertiary/aromatic N) is 1. The highest BCUT2D eigenvalue weighted by molar-refractivity contribution is 9.10. The quantitative estimate of drug-likeness (QED) is 0.877. The molecule has 0 heterocycles. The van der Waals surface area contributed by atoms with Crippen molar-refractivity contribution in [3.63, 3.8) is 0 Å². The van der Waals surface area contributed by atoms with E-state index in [1.165, 1.54) is 6.42 Å². The molecule has 2 N–H and O–H groups in total. The summed E-state index contributed by atoms with van der Waals surface area (Å²) in [6.07, 6.45) is 5.21. The molecular formula is C15H17BrN2O2. The van der Waals surface area contributed by atoms with Gasteiger partial charge >= 0.3 is 5.97 Å². The molecule has 0 bridgehead atoms. The van der Waals surface area contributed by atoms with Gasteiger partial charge in [0, 0.05) is 4.47 Å². The third-order valence-corrected chi connectivity index (χ3v) is 4.48. The zero-order valence-electron chi connectivity index (χ0n) is 11.1. The Morgan fingerprint density at radius 3 is 2.70 bits per heavy atom. The number of hydrogen-bond donors (Lipinski definition) is 2. The average molecular weight is 337 g/mol. The highest BCUT2D eigenvalue weighted by Crippen LogP contribution is 2.30. The van der Waals surface area contributed by atoms with Crippen LogP contribution >= 0.6 is 15.9 Å². The number of nitriles is 1. The Balaban J connectivity index is 2.22. The fraction of sp³-hybridized carbons (Fsp3) is 0.467. The predicted octanol–water partition coefficient (Wildman–Crippen LogP) is 3.77. The van der Waals surface area contributed by atoms with Crippen LogP contribution in [0.3, 0.4) is 0 Å². The number of halogens is 1. The van der Waals surface area contributed by atoms with Gasteiger partial charge in [-0.05, 0) is 46.8 Å². The summed E-state index contributed by atoms with van der Waals surface area (Å²) < 4.78 is 0.679. The Morgan fingerprint density at radius 1 is 1.40 bits per heavy atom. The molecule has 0 spiro atoms. The van der Waals surface area contributed by atoms with E-state index < -0.39 is 12.0 Å². The minimum Gasteiger partial charge on any atom is -0.480 e. The van der Waals surface area contributed by atoms with Gasteiger partial charge in [-0.1, -0.05) is 25.3 Å². The van der Waals surface area contributed by atoms with E-state index in [-0.39, 0.29) is 5.92 Å². The molecule has 1 saturated carbocycles. The molecule has 1 fully saturated rings. The third-order valence-electron chi connectivity index (χ3n) is 3.82. The molecule has 1 aliphatic carbocycles. The maximum absolute atomic E-state index is 11.5. The van der Waals surface area contributed by atoms with Gasteiger partial charge in [0.1, 0.15) is 12.1 Å². The number of carbonyl (C=O) groups is 1. The van der Waals surface area contributed by atoms with Crippen LogP contribution in [0.4, 0.5) is 5.69 Å². The zero-order valence-corrected chi connectivity index (χ0v) is 12.7. The summed E-state index contributed by atoms with van der Waals surface area (Å²) in [5, 5.41) is 21.7. The monoisotopic (exact) mass is 336 g/mol. The van der Waals surface area contributed by atoms with Crippen molar-refractivity contribution in [2.45, 2.75) is 38.1 Å². The van der Waals surface area contributed by atoms with Crippen molar-refractivity contribution in [3.05, 3.63) is 28.2 Å². The second kappa shape index (κ2) is 6.76. The first-order chi connectivity index (χ1) is 9.63. The lowest BCUT2D eigenvalue weighted by molar-refractivity contribution is -0.139. The SMILES string of the molecule is N#Cc1c(Br)cccc1NC(C(=O)O)C1CCCCC1. The van der Waals surface area contributed by atoms with E-state index in [0.29, 0.717) is 15.7 Å². The van der Waals surface area contributed by atoms with Crippen LogP contribution in [0.5, 0.6) is 0 Å². The summed E-state index contributed by atoms with van der Waals surface area (Å²) in [4.78, 5) is 11.5. The van der Waals surface area contributed by atoms with E-state index in [2.05, 4.69) is 27.3 Å². The van der Waals surface area contributed by atoms with Crippen molar-refractivity contribution in [3.8, 4) is 6.07 Å². The maximum atomic E-state index is 11.5. The molecule has 1 unspecified atom stereocenters. The van der Waals surface area contributed by atoms with Crippen LogP contribution in [0.25, 0.3) is 0 Å². The number of benzene rings is 1. The standard InChI is InChI=1S/C15H17BrN2O2/c16-12-7-4-8-13(11(12)9-17)18-14(15(19)20)10-5-2-1-3-6-10/h4,7-8,10,14,18H,1-3,5-6H2,(H,19,20). The normalized spacial score (nSPS) is 17.2. The van der Waals surface area contributed by atoms with Crippen LogP contribution in [0.2, 0.25) is 0 Å². The molecule has 106 valence electrons. The molecule has 20 heavy (non-hydrogen) atoms. The van der Waals surface area contributed by atoms with Gasteiger partial charge in [-0.25, -0.2) is 4.79 Å². The van der Waals surface area contributed by atoms with Crippen molar-refractivity contribution in [2.75, 3.05) is 5.32 Å². The molecule has 1 aromatic carbocycles. The summed E-state index contributed by atoms with van der Waals surface area (Å²) in [6, 6.07) is 6.81. The lowest BCUT2D eigenvalue weighted by Gasteiger charge is -2.29. The van der Waals surface area contributed by atoms with Gasteiger partial charge in [0.05, 0.1) is 11.3 Å². The van der Waals surface area contributed by atoms with Crippen molar-refractivity contribution in [2.24, 2.45) is 5.92 Å². The Kier molecular flexibility index (Phi) is 5.02. The number of carboxylic acid groups (broad SMARTS) is 1. The smallest absolute Gasteiger partial charge is 0.326 e. The van der Waals surface area contributed by atoms with E-state index >= 15 is 0 Å². The minimum atomic E-state index is -0.847. The first-order valence-corrected chi connectivity index (χ1v) is 7.60. The summed E-state index contributed by atoms with van der Waals surface area (Å²) in [5.41, 5.74) is 1.04. The topological polar surface area (TPSA) is 73.1 Å². The molecule has 1 aromatic rings. The molecule has 1 aliphatic rings. The molecule has 2 rings (SSSR count). The van der Waals surface area contributed by atoms with Crippen LogP contribution in [0, 0.1) is 17.2 Å². The van der Waals surface area contributed by atoms with Gasteiger partial charge in [0.2, 0.25) is 0 Å². The number of rotatable bonds is 4. The number of anilines is 1. The summed E-state index contributed by atoms with van der Waals surface area (Å²) in [5.74, 6) is -0.715. The Bertz CT molecular complexity index is 533. The average Bonchev–Trinajstić information content (AvgIpc) is 2.45. The molecule has 5 heteroatoms.